The molecule has 22 heavy (non-hydrogen) atoms. The molecule has 0 spiro atoms. The number of halogens is 1. The first kappa shape index (κ1) is 14.5. The summed E-state index contributed by atoms with van der Waals surface area (Å²) in [6, 6.07) is 16.5. The number of phenolic OH excluding ortho intramolecular Hbond substituents is 1. The van der Waals surface area contributed by atoms with Crippen molar-refractivity contribution in [2.45, 2.75) is 6.42 Å². The number of hydrogen-bond acceptors (Lipinski definition) is 3. The molecule has 0 bridgehead atoms. The second kappa shape index (κ2) is 6.12. The molecule has 0 fully saturated rings. The summed E-state index contributed by atoms with van der Waals surface area (Å²) in [6.45, 7) is 0. The smallest absolute Gasteiger partial charge is 0.177 e. The van der Waals surface area contributed by atoms with Crippen LogP contribution in [0.5, 0.6) is 5.75 Å². The average Bonchev–Trinajstić information content (AvgIpc) is 3.00. The lowest BCUT2D eigenvalue weighted by atomic mass is 10.1. The van der Waals surface area contributed by atoms with Crippen molar-refractivity contribution in [1.82, 2.24) is 0 Å². The van der Waals surface area contributed by atoms with Crippen LogP contribution in [0, 0.1) is 5.82 Å². The van der Waals surface area contributed by atoms with Crippen molar-refractivity contribution in [2.24, 2.45) is 0 Å². The Morgan fingerprint density at radius 1 is 0.955 bits per heavy atom. The lowest BCUT2D eigenvalue weighted by Gasteiger charge is -2.00. The van der Waals surface area contributed by atoms with E-state index >= 15 is 0 Å². The molecule has 0 aliphatic rings. The minimum absolute atomic E-state index is 0.0315. The highest BCUT2D eigenvalue weighted by Gasteiger charge is 2.11. The maximum Gasteiger partial charge on any atom is 0.177 e. The average molecular weight is 312 g/mol. The monoisotopic (exact) mass is 312 g/mol. The van der Waals surface area contributed by atoms with Gasteiger partial charge in [-0.2, -0.15) is 0 Å². The van der Waals surface area contributed by atoms with Gasteiger partial charge in [0.25, 0.3) is 0 Å². The number of thiophene rings is 1. The molecule has 0 saturated heterocycles. The van der Waals surface area contributed by atoms with E-state index in [1.54, 1.807) is 42.5 Å². The fourth-order valence-corrected chi connectivity index (χ4v) is 3.09. The van der Waals surface area contributed by atoms with Gasteiger partial charge in [0.1, 0.15) is 11.6 Å². The number of ketones is 1. The van der Waals surface area contributed by atoms with Crippen LogP contribution < -0.4 is 0 Å². The van der Waals surface area contributed by atoms with Gasteiger partial charge in [0.15, 0.2) is 5.78 Å². The quantitative estimate of drug-likeness (QED) is 0.710. The zero-order valence-electron chi connectivity index (χ0n) is 11.6. The van der Waals surface area contributed by atoms with Crippen molar-refractivity contribution >= 4 is 17.1 Å². The summed E-state index contributed by atoms with van der Waals surface area (Å²) in [5.41, 5.74) is 1.76. The topological polar surface area (TPSA) is 37.3 Å². The standard InChI is InChI=1S/C18H13FO2S/c19-14-5-3-13(4-6-14)17-9-10-18(22-17)16(21)11-12-1-7-15(20)8-2-12/h1-10,20H,11H2. The molecule has 0 radical (unpaired) electrons. The van der Waals surface area contributed by atoms with Crippen molar-refractivity contribution in [3.8, 4) is 16.2 Å². The van der Waals surface area contributed by atoms with Gasteiger partial charge in [0, 0.05) is 11.3 Å². The third kappa shape index (κ3) is 3.23. The number of phenols is 1. The van der Waals surface area contributed by atoms with Crippen molar-refractivity contribution < 1.29 is 14.3 Å². The molecular weight excluding hydrogens is 299 g/mol. The molecule has 3 aromatic rings. The fourth-order valence-electron chi connectivity index (χ4n) is 2.14. The molecule has 0 atom stereocenters. The molecule has 0 amide bonds. The largest absolute Gasteiger partial charge is 0.508 e. The second-order valence-electron chi connectivity index (χ2n) is 4.94. The first-order chi connectivity index (χ1) is 10.6. The van der Waals surface area contributed by atoms with Gasteiger partial charge in [0.05, 0.1) is 4.88 Å². The Morgan fingerprint density at radius 3 is 2.32 bits per heavy atom. The summed E-state index contributed by atoms with van der Waals surface area (Å²) in [4.78, 5) is 13.9. The summed E-state index contributed by atoms with van der Waals surface area (Å²) in [5, 5.41) is 9.25. The normalized spacial score (nSPS) is 10.6. The third-order valence-corrected chi connectivity index (χ3v) is 4.49. The predicted molar refractivity (Wildman–Crippen MR) is 85.9 cm³/mol. The van der Waals surface area contributed by atoms with Gasteiger partial charge in [-0.15, -0.1) is 11.3 Å². The number of aromatic hydroxyl groups is 1. The minimum Gasteiger partial charge on any atom is -0.508 e. The summed E-state index contributed by atoms with van der Waals surface area (Å²) in [6.07, 6.45) is 0.295. The molecule has 0 unspecified atom stereocenters. The zero-order chi connectivity index (χ0) is 15.5. The zero-order valence-corrected chi connectivity index (χ0v) is 12.4. The van der Waals surface area contributed by atoms with Crippen LogP contribution in [0.4, 0.5) is 4.39 Å². The lowest BCUT2D eigenvalue weighted by Crippen LogP contribution is -2.00. The summed E-state index contributed by atoms with van der Waals surface area (Å²) >= 11 is 1.40. The van der Waals surface area contributed by atoms with E-state index in [1.807, 2.05) is 6.07 Å². The van der Waals surface area contributed by atoms with Crippen LogP contribution in [0.1, 0.15) is 15.2 Å². The SMILES string of the molecule is O=C(Cc1ccc(O)cc1)c1ccc(-c2ccc(F)cc2)s1. The van der Waals surface area contributed by atoms with Crippen LogP contribution in [0.2, 0.25) is 0 Å². The molecular formula is C18H13FO2S. The highest BCUT2D eigenvalue weighted by Crippen LogP contribution is 2.29. The number of carbonyl (C=O) groups is 1. The van der Waals surface area contributed by atoms with E-state index in [2.05, 4.69) is 0 Å². The van der Waals surface area contributed by atoms with Gasteiger partial charge in [0.2, 0.25) is 0 Å². The number of rotatable bonds is 4. The van der Waals surface area contributed by atoms with Gasteiger partial charge < -0.3 is 5.11 Å². The van der Waals surface area contributed by atoms with Crippen molar-refractivity contribution in [2.75, 3.05) is 0 Å². The minimum atomic E-state index is -0.274. The molecule has 1 heterocycles. The lowest BCUT2D eigenvalue weighted by molar-refractivity contribution is 0.0997. The fraction of sp³-hybridized carbons (Fsp3) is 0.0556. The number of Topliss-reactive ketones (excluding diaryl/α,β-unsaturated/α-hetero) is 1. The van der Waals surface area contributed by atoms with Crippen LogP contribution in [-0.4, -0.2) is 10.9 Å². The third-order valence-electron chi connectivity index (χ3n) is 3.31. The molecule has 1 N–H and O–H groups in total. The Morgan fingerprint density at radius 2 is 1.64 bits per heavy atom. The van der Waals surface area contributed by atoms with Crippen LogP contribution in [0.25, 0.3) is 10.4 Å². The summed E-state index contributed by atoms with van der Waals surface area (Å²) < 4.78 is 12.9. The first-order valence-corrected chi connectivity index (χ1v) is 7.60. The highest BCUT2D eigenvalue weighted by atomic mass is 32.1. The van der Waals surface area contributed by atoms with E-state index < -0.39 is 0 Å². The van der Waals surface area contributed by atoms with Crippen molar-refractivity contribution in [3.05, 3.63) is 76.9 Å². The Hall–Kier alpha value is -2.46. The maximum absolute atomic E-state index is 12.9. The van der Waals surface area contributed by atoms with Crippen LogP contribution in [-0.2, 0) is 6.42 Å². The van der Waals surface area contributed by atoms with Crippen LogP contribution >= 0.6 is 11.3 Å². The van der Waals surface area contributed by atoms with E-state index in [0.717, 1.165) is 16.0 Å². The van der Waals surface area contributed by atoms with E-state index in [4.69, 9.17) is 0 Å². The molecule has 0 aliphatic carbocycles. The predicted octanol–water partition coefficient (Wildman–Crippen LogP) is 4.69. The summed E-state index contributed by atoms with van der Waals surface area (Å²) in [5.74, 6) is -0.0566. The van der Waals surface area contributed by atoms with Crippen LogP contribution in [0.15, 0.2) is 60.7 Å². The molecule has 110 valence electrons. The Balaban J connectivity index is 1.76. The van der Waals surface area contributed by atoms with Crippen molar-refractivity contribution in [3.63, 3.8) is 0 Å². The van der Waals surface area contributed by atoms with Gasteiger partial charge in [-0.1, -0.05) is 24.3 Å². The number of benzene rings is 2. The Bertz CT molecular complexity index is 789. The van der Waals surface area contributed by atoms with E-state index in [0.29, 0.717) is 11.3 Å². The van der Waals surface area contributed by atoms with Gasteiger partial charge in [-0.3, -0.25) is 4.79 Å². The summed E-state index contributed by atoms with van der Waals surface area (Å²) in [7, 11) is 0. The second-order valence-corrected chi connectivity index (χ2v) is 6.02. The Kier molecular flexibility index (Phi) is 4.02. The van der Waals surface area contributed by atoms with Gasteiger partial charge in [-0.25, -0.2) is 4.39 Å². The molecule has 0 saturated carbocycles. The number of carbonyl (C=O) groups excluding carboxylic acids is 1. The molecule has 4 heteroatoms. The van der Waals surface area contributed by atoms with Gasteiger partial charge >= 0.3 is 0 Å². The molecule has 0 aliphatic heterocycles. The van der Waals surface area contributed by atoms with Gasteiger partial charge in [-0.05, 0) is 47.5 Å². The van der Waals surface area contributed by atoms with E-state index in [9.17, 15) is 14.3 Å². The molecule has 1 aromatic heterocycles. The molecule has 2 nitrogen and oxygen atoms in total. The highest BCUT2D eigenvalue weighted by molar-refractivity contribution is 7.17. The number of hydrogen-bond donors (Lipinski definition) is 1. The molecule has 2 aromatic carbocycles. The first-order valence-electron chi connectivity index (χ1n) is 6.79. The van der Waals surface area contributed by atoms with Crippen molar-refractivity contribution in [1.29, 1.82) is 0 Å². The maximum atomic E-state index is 12.9. The Labute approximate surface area is 131 Å². The van der Waals surface area contributed by atoms with Crippen LogP contribution in [0.3, 0.4) is 0 Å². The van der Waals surface area contributed by atoms with E-state index in [-0.39, 0.29) is 17.3 Å². The van der Waals surface area contributed by atoms with E-state index in [1.165, 1.54) is 23.5 Å². The molecule has 3 rings (SSSR count).